The van der Waals surface area contributed by atoms with E-state index in [0.29, 0.717) is 18.9 Å². The van der Waals surface area contributed by atoms with Crippen molar-refractivity contribution in [1.82, 2.24) is 10.6 Å². The molecule has 1 saturated carbocycles. The Bertz CT molecular complexity index is 584. The molecule has 0 bridgehead atoms. The van der Waals surface area contributed by atoms with Crippen LogP contribution in [0, 0.1) is 11.8 Å². The standard InChI is InChI=1S/C19H27N3O2.ClH/c23-18(8-7-14-9-10-20-12-14)21-13-15-3-1-6-17(11-15)22-19(24)16-4-2-5-16;/h1,3,6,11,14,16,20H,2,4-5,7-10,12-13H2,(H,21,23)(H,22,24);1H. The van der Waals surface area contributed by atoms with Gasteiger partial charge in [-0.15, -0.1) is 12.4 Å². The highest BCUT2D eigenvalue weighted by molar-refractivity contribution is 5.93. The number of hydrogen-bond donors (Lipinski definition) is 3. The van der Waals surface area contributed by atoms with Gasteiger partial charge in [0.25, 0.3) is 0 Å². The molecule has 1 saturated heterocycles. The van der Waals surface area contributed by atoms with Gasteiger partial charge in [-0.1, -0.05) is 18.6 Å². The van der Waals surface area contributed by atoms with Crippen molar-refractivity contribution in [3.05, 3.63) is 29.8 Å². The minimum absolute atomic E-state index is 0. The van der Waals surface area contributed by atoms with Crippen LogP contribution in [0.1, 0.15) is 44.1 Å². The lowest BCUT2D eigenvalue weighted by molar-refractivity contribution is -0.122. The lowest BCUT2D eigenvalue weighted by Gasteiger charge is -2.24. The Morgan fingerprint density at radius 1 is 1.20 bits per heavy atom. The summed E-state index contributed by atoms with van der Waals surface area (Å²) in [7, 11) is 0. The highest BCUT2D eigenvalue weighted by Gasteiger charge is 2.25. The molecule has 2 aliphatic rings. The molecule has 2 fully saturated rings. The third-order valence-corrected chi connectivity index (χ3v) is 5.10. The first-order valence-electron chi connectivity index (χ1n) is 9.08. The predicted octanol–water partition coefficient (Wildman–Crippen LogP) is 2.85. The molecule has 5 nitrogen and oxygen atoms in total. The van der Waals surface area contributed by atoms with E-state index >= 15 is 0 Å². The van der Waals surface area contributed by atoms with Crippen molar-refractivity contribution >= 4 is 29.9 Å². The van der Waals surface area contributed by atoms with E-state index in [1.165, 1.54) is 6.42 Å². The average Bonchev–Trinajstić information content (AvgIpc) is 3.03. The van der Waals surface area contributed by atoms with Crippen molar-refractivity contribution in [3.63, 3.8) is 0 Å². The lowest BCUT2D eigenvalue weighted by Crippen LogP contribution is -2.28. The Morgan fingerprint density at radius 3 is 2.72 bits per heavy atom. The monoisotopic (exact) mass is 365 g/mol. The summed E-state index contributed by atoms with van der Waals surface area (Å²) < 4.78 is 0. The van der Waals surface area contributed by atoms with E-state index in [1.54, 1.807) is 0 Å². The summed E-state index contributed by atoms with van der Waals surface area (Å²) in [6.07, 6.45) is 5.87. The number of halogens is 1. The van der Waals surface area contributed by atoms with Crippen molar-refractivity contribution in [2.75, 3.05) is 18.4 Å². The normalized spacial score (nSPS) is 19.6. The van der Waals surface area contributed by atoms with Crippen LogP contribution in [-0.4, -0.2) is 24.9 Å². The first-order valence-corrected chi connectivity index (χ1v) is 9.08. The molecule has 1 aromatic carbocycles. The fourth-order valence-corrected chi connectivity index (χ4v) is 3.26. The van der Waals surface area contributed by atoms with E-state index in [1.807, 2.05) is 24.3 Å². The van der Waals surface area contributed by atoms with Crippen molar-refractivity contribution < 1.29 is 9.59 Å². The van der Waals surface area contributed by atoms with Crippen molar-refractivity contribution in [2.45, 2.75) is 45.1 Å². The highest BCUT2D eigenvalue weighted by atomic mass is 35.5. The van der Waals surface area contributed by atoms with Gasteiger partial charge < -0.3 is 16.0 Å². The Kier molecular flexibility index (Phi) is 7.72. The Morgan fingerprint density at radius 2 is 2.04 bits per heavy atom. The minimum atomic E-state index is 0. The zero-order chi connectivity index (χ0) is 16.8. The third-order valence-electron chi connectivity index (χ3n) is 5.10. The first kappa shape index (κ1) is 19.7. The minimum Gasteiger partial charge on any atom is -0.352 e. The molecule has 3 rings (SSSR count). The van der Waals surface area contributed by atoms with Crippen LogP contribution in [0.4, 0.5) is 5.69 Å². The molecule has 1 unspecified atom stereocenters. The number of amides is 2. The smallest absolute Gasteiger partial charge is 0.227 e. The maximum atomic E-state index is 12.0. The molecular weight excluding hydrogens is 338 g/mol. The molecule has 2 amide bonds. The maximum Gasteiger partial charge on any atom is 0.227 e. The summed E-state index contributed by atoms with van der Waals surface area (Å²) in [4.78, 5) is 24.0. The molecule has 1 aromatic rings. The van der Waals surface area contributed by atoms with Gasteiger partial charge in [0.15, 0.2) is 0 Å². The molecule has 1 heterocycles. The van der Waals surface area contributed by atoms with Gasteiger partial charge in [-0.05, 0) is 62.4 Å². The molecule has 25 heavy (non-hydrogen) atoms. The van der Waals surface area contributed by atoms with Crippen LogP contribution in [0.3, 0.4) is 0 Å². The van der Waals surface area contributed by atoms with Crippen LogP contribution in [0.2, 0.25) is 0 Å². The van der Waals surface area contributed by atoms with Gasteiger partial charge >= 0.3 is 0 Å². The summed E-state index contributed by atoms with van der Waals surface area (Å²) in [5, 5.41) is 9.28. The second kappa shape index (κ2) is 9.78. The summed E-state index contributed by atoms with van der Waals surface area (Å²) in [6.45, 7) is 2.62. The number of rotatable bonds is 7. The number of carbonyl (C=O) groups is 2. The first-order chi connectivity index (χ1) is 11.7. The molecule has 1 atom stereocenters. The van der Waals surface area contributed by atoms with E-state index in [4.69, 9.17) is 0 Å². The largest absolute Gasteiger partial charge is 0.352 e. The van der Waals surface area contributed by atoms with Crippen LogP contribution in [-0.2, 0) is 16.1 Å². The molecule has 0 radical (unpaired) electrons. The maximum absolute atomic E-state index is 12.0. The zero-order valence-corrected chi connectivity index (χ0v) is 15.4. The Hall–Kier alpha value is -1.59. The highest BCUT2D eigenvalue weighted by Crippen LogP contribution is 2.27. The van der Waals surface area contributed by atoms with E-state index in [2.05, 4.69) is 16.0 Å². The number of carbonyl (C=O) groups excluding carboxylic acids is 2. The lowest BCUT2D eigenvalue weighted by atomic mass is 9.85. The van der Waals surface area contributed by atoms with Crippen LogP contribution in [0.5, 0.6) is 0 Å². The number of benzene rings is 1. The predicted molar refractivity (Wildman–Crippen MR) is 102 cm³/mol. The van der Waals surface area contributed by atoms with Gasteiger partial charge in [-0.3, -0.25) is 9.59 Å². The Balaban J connectivity index is 0.00000225. The number of anilines is 1. The third kappa shape index (κ3) is 6.01. The van der Waals surface area contributed by atoms with E-state index in [9.17, 15) is 9.59 Å². The quantitative estimate of drug-likeness (QED) is 0.695. The van der Waals surface area contributed by atoms with Crippen molar-refractivity contribution in [1.29, 1.82) is 0 Å². The molecule has 1 aliphatic carbocycles. The molecule has 0 aromatic heterocycles. The van der Waals surface area contributed by atoms with Crippen LogP contribution in [0.25, 0.3) is 0 Å². The van der Waals surface area contributed by atoms with Gasteiger partial charge in [0.1, 0.15) is 0 Å². The number of nitrogens with one attached hydrogen (secondary N) is 3. The zero-order valence-electron chi connectivity index (χ0n) is 14.6. The van der Waals surface area contributed by atoms with Gasteiger partial charge in [0.05, 0.1) is 0 Å². The molecule has 1 aliphatic heterocycles. The average molecular weight is 366 g/mol. The SMILES string of the molecule is Cl.O=C(CCC1CCNC1)NCc1cccc(NC(=O)C2CCC2)c1. The van der Waals surface area contributed by atoms with Gasteiger partial charge in [0, 0.05) is 24.6 Å². The van der Waals surface area contributed by atoms with Gasteiger partial charge in [0.2, 0.25) is 11.8 Å². The molecule has 6 heteroatoms. The van der Waals surface area contributed by atoms with Gasteiger partial charge in [-0.25, -0.2) is 0 Å². The number of hydrogen-bond acceptors (Lipinski definition) is 3. The fraction of sp³-hybridized carbons (Fsp3) is 0.579. The second-order valence-corrected chi connectivity index (χ2v) is 6.99. The fourth-order valence-electron chi connectivity index (χ4n) is 3.26. The summed E-state index contributed by atoms with van der Waals surface area (Å²) >= 11 is 0. The molecule has 0 spiro atoms. The summed E-state index contributed by atoms with van der Waals surface area (Å²) in [5.74, 6) is 1.04. The van der Waals surface area contributed by atoms with Crippen molar-refractivity contribution in [3.8, 4) is 0 Å². The molecular formula is C19H28ClN3O2. The molecule has 138 valence electrons. The summed E-state index contributed by atoms with van der Waals surface area (Å²) in [5.41, 5.74) is 1.83. The van der Waals surface area contributed by atoms with E-state index < -0.39 is 0 Å². The topological polar surface area (TPSA) is 70.2 Å². The van der Waals surface area contributed by atoms with Gasteiger partial charge in [-0.2, -0.15) is 0 Å². The van der Waals surface area contributed by atoms with Crippen LogP contribution >= 0.6 is 12.4 Å². The van der Waals surface area contributed by atoms with E-state index in [-0.39, 0.29) is 30.1 Å². The van der Waals surface area contributed by atoms with Crippen molar-refractivity contribution in [2.24, 2.45) is 11.8 Å². The van der Waals surface area contributed by atoms with E-state index in [0.717, 1.165) is 50.0 Å². The molecule has 3 N–H and O–H groups in total. The van der Waals surface area contributed by atoms with Crippen LogP contribution < -0.4 is 16.0 Å². The van der Waals surface area contributed by atoms with Crippen LogP contribution in [0.15, 0.2) is 24.3 Å². The summed E-state index contributed by atoms with van der Waals surface area (Å²) in [6, 6.07) is 7.73. The Labute approximate surface area is 155 Å². The second-order valence-electron chi connectivity index (χ2n) is 6.99.